The monoisotopic (exact) mass is 288 g/mol. The minimum Gasteiger partial charge on any atom is -0.343 e. The Labute approximate surface area is 121 Å². The van der Waals surface area contributed by atoms with Crippen LogP contribution in [0.3, 0.4) is 0 Å². The third-order valence-electron chi connectivity index (χ3n) is 2.74. The third kappa shape index (κ3) is 2.81. The van der Waals surface area contributed by atoms with Gasteiger partial charge in [0.15, 0.2) is 0 Å². The van der Waals surface area contributed by atoms with E-state index in [1.165, 1.54) is 10.9 Å². The van der Waals surface area contributed by atoms with Gasteiger partial charge in [0.05, 0.1) is 17.3 Å². The van der Waals surface area contributed by atoms with E-state index in [0.29, 0.717) is 10.7 Å². The van der Waals surface area contributed by atoms with Gasteiger partial charge in [0, 0.05) is 0 Å². The number of halogens is 1. The number of nitrogens with zero attached hydrogens (tertiary/aromatic N) is 3. The van der Waals surface area contributed by atoms with Gasteiger partial charge in [-0.2, -0.15) is 4.98 Å². The highest BCUT2D eigenvalue weighted by Crippen LogP contribution is 2.23. The molecule has 0 spiro atoms. The summed E-state index contributed by atoms with van der Waals surface area (Å²) in [6, 6.07) is 5.49. The van der Waals surface area contributed by atoms with Crippen molar-refractivity contribution in [1.82, 2.24) is 14.5 Å². The molecule has 1 heterocycles. The van der Waals surface area contributed by atoms with Crippen molar-refractivity contribution in [2.45, 2.75) is 13.3 Å². The lowest BCUT2D eigenvalue weighted by Crippen LogP contribution is -2.24. The van der Waals surface area contributed by atoms with Gasteiger partial charge in [-0.1, -0.05) is 36.6 Å². The van der Waals surface area contributed by atoms with Crippen molar-refractivity contribution in [2.75, 3.05) is 11.9 Å². The van der Waals surface area contributed by atoms with Gasteiger partial charge in [0.2, 0.25) is 5.95 Å². The predicted molar refractivity (Wildman–Crippen MR) is 79.3 cm³/mol. The zero-order chi connectivity index (χ0) is 14.5. The lowest BCUT2D eigenvalue weighted by molar-refractivity contribution is 0.848. The molecule has 1 aromatic heterocycles. The number of nitrogens with one attached hydrogen (secondary N) is 1. The molecule has 1 N–H and O–H groups in total. The lowest BCUT2D eigenvalue weighted by Gasteiger charge is -2.12. The van der Waals surface area contributed by atoms with Crippen molar-refractivity contribution in [2.24, 2.45) is 0 Å². The zero-order valence-electron chi connectivity index (χ0n) is 10.9. The minimum absolute atomic E-state index is 0.203. The molecule has 0 aliphatic rings. The van der Waals surface area contributed by atoms with E-state index < -0.39 is 5.69 Å². The Bertz CT molecular complexity index is 718. The van der Waals surface area contributed by atoms with Gasteiger partial charge in [0.1, 0.15) is 6.33 Å². The molecule has 0 aliphatic heterocycles. The van der Waals surface area contributed by atoms with Crippen molar-refractivity contribution in [1.29, 1.82) is 0 Å². The predicted octanol–water partition coefficient (Wildman–Crippen LogP) is 1.89. The summed E-state index contributed by atoms with van der Waals surface area (Å²) in [7, 11) is 0. The Balaban J connectivity index is 2.50. The molecule has 2 rings (SSSR count). The number of benzene rings is 1. The highest BCUT2D eigenvalue weighted by atomic mass is 35.5. The molecule has 0 unspecified atom stereocenters. The van der Waals surface area contributed by atoms with Crippen molar-refractivity contribution in [3.05, 3.63) is 45.6 Å². The van der Waals surface area contributed by atoms with Crippen LogP contribution in [0, 0.1) is 12.3 Å². The average molecular weight is 289 g/mol. The Hall–Kier alpha value is -2.32. The number of aryl methyl sites for hydroxylation is 1. The molecule has 2 aromatic rings. The molecule has 6 heteroatoms. The van der Waals surface area contributed by atoms with Crippen LogP contribution >= 0.6 is 11.6 Å². The topological polar surface area (TPSA) is 59.8 Å². The first kappa shape index (κ1) is 14.1. The van der Waals surface area contributed by atoms with Crippen LogP contribution in [-0.4, -0.2) is 21.1 Å². The molecule has 1 aromatic carbocycles. The summed E-state index contributed by atoms with van der Waals surface area (Å²) in [6.45, 7) is 2.25. The molecule has 0 fully saturated rings. The molecule has 0 saturated carbocycles. The fraction of sp³-hybridized carbons (Fsp3) is 0.214. The summed E-state index contributed by atoms with van der Waals surface area (Å²) in [5.74, 6) is 2.59. The molecule has 20 heavy (non-hydrogen) atoms. The zero-order valence-corrected chi connectivity index (χ0v) is 11.7. The van der Waals surface area contributed by atoms with Crippen LogP contribution in [-0.2, 0) is 6.42 Å². The smallest absolute Gasteiger partial charge is 0.343 e. The van der Waals surface area contributed by atoms with Gasteiger partial charge in [-0.05, 0) is 18.1 Å². The van der Waals surface area contributed by atoms with Gasteiger partial charge in [-0.25, -0.2) is 14.3 Å². The van der Waals surface area contributed by atoms with E-state index in [0.717, 1.165) is 12.0 Å². The maximum absolute atomic E-state index is 12.1. The molecule has 0 bridgehead atoms. The number of para-hydroxylation sites is 1. The Kier molecular flexibility index (Phi) is 4.38. The lowest BCUT2D eigenvalue weighted by atomic mass is 10.1. The summed E-state index contributed by atoms with van der Waals surface area (Å²) in [5.41, 5.74) is 1.11. The fourth-order valence-corrected chi connectivity index (χ4v) is 2.10. The largest absolute Gasteiger partial charge is 0.356 e. The number of aromatic nitrogens is 3. The highest BCUT2D eigenvalue weighted by Gasteiger charge is 2.11. The maximum Gasteiger partial charge on any atom is 0.356 e. The van der Waals surface area contributed by atoms with Gasteiger partial charge in [0.25, 0.3) is 0 Å². The van der Waals surface area contributed by atoms with Crippen LogP contribution in [0.1, 0.15) is 12.5 Å². The van der Waals surface area contributed by atoms with Crippen LogP contribution in [0.5, 0.6) is 0 Å². The van der Waals surface area contributed by atoms with Gasteiger partial charge in [-0.15, -0.1) is 6.42 Å². The summed E-state index contributed by atoms with van der Waals surface area (Å²) in [5, 5.41) is 3.24. The number of hydrogen-bond donors (Lipinski definition) is 1. The average Bonchev–Trinajstić information content (AvgIpc) is 2.45. The first-order valence-electron chi connectivity index (χ1n) is 6.08. The number of rotatable bonds is 4. The Morgan fingerprint density at radius 3 is 2.95 bits per heavy atom. The second-order valence-electron chi connectivity index (χ2n) is 3.99. The molecule has 5 nitrogen and oxygen atoms in total. The highest BCUT2D eigenvalue weighted by molar-refractivity contribution is 6.32. The Morgan fingerprint density at radius 2 is 2.30 bits per heavy atom. The molecular formula is C14H13ClN4O. The van der Waals surface area contributed by atoms with Crippen LogP contribution in [0.2, 0.25) is 5.02 Å². The van der Waals surface area contributed by atoms with Crippen LogP contribution < -0.4 is 11.0 Å². The normalized spacial score (nSPS) is 10.1. The summed E-state index contributed by atoms with van der Waals surface area (Å²) in [4.78, 5) is 20.0. The van der Waals surface area contributed by atoms with Crippen LogP contribution in [0.25, 0.3) is 5.69 Å². The van der Waals surface area contributed by atoms with Crippen LogP contribution in [0.4, 0.5) is 5.95 Å². The Morgan fingerprint density at radius 1 is 1.50 bits per heavy atom. The van der Waals surface area contributed by atoms with Crippen molar-refractivity contribution < 1.29 is 0 Å². The quantitative estimate of drug-likeness (QED) is 0.873. The van der Waals surface area contributed by atoms with Gasteiger partial charge >= 0.3 is 5.69 Å². The standard InChI is InChI=1S/C14H13ClN4O/c1-3-8-16-13-17-9-19(14(20)18-13)12-10(4-2)6-5-7-11(12)15/h1,5-7,9H,4,8H2,2H3,(H,16,18,20). The summed E-state index contributed by atoms with van der Waals surface area (Å²) >= 11 is 6.18. The van der Waals surface area contributed by atoms with E-state index in [4.69, 9.17) is 18.0 Å². The third-order valence-corrected chi connectivity index (χ3v) is 3.05. The molecule has 0 amide bonds. The van der Waals surface area contributed by atoms with E-state index >= 15 is 0 Å². The molecule has 0 saturated heterocycles. The molecule has 102 valence electrons. The molecule has 0 aliphatic carbocycles. The van der Waals surface area contributed by atoms with Gasteiger partial charge in [-0.3, -0.25) is 0 Å². The fourth-order valence-electron chi connectivity index (χ4n) is 1.82. The SMILES string of the molecule is C#CCNc1ncn(-c2c(Cl)cccc2CC)c(=O)n1. The summed E-state index contributed by atoms with van der Waals surface area (Å²) < 4.78 is 1.34. The molecule has 0 radical (unpaired) electrons. The van der Waals surface area contributed by atoms with E-state index in [2.05, 4.69) is 21.2 Å². The van der Waals surface area contributed by atoms with Gasteiger partial charge < -0.3 is 5.32 Å². The first-order chi connectivity index (χ1) is 9.67. The first-order valence-corrected chi connectivity index (χ1v) is 6.46. The second kappa shape index (κ2) is 6.22. The minimum atomic E-state index is -0.456. The van der Waals surface area contributed by atoms with Crippen molar-refractivity contribution >= 4 is 17.5 Å². The summed E-state index contributed by atoms with van der Waals surface area (Å²) in [6.07, 6.45) is 7.27. The maximum atomic E-state index is 12.1. The van der Waals surface area contributed by atoms with E-state index in [1.807, 2.05) is 19.1 Å². The number of terminal acetylenes is 1. The van der Waals surface area contributed by atoms with Crippen molar-refractivity contribution in [3.8, 4) is 18.0 Å². The van der Waals surface area contributed by atoms with E-state index in [-0.39, 0.29) is 12.5 Å². The number of anilines is 1. The van der Waals surface area contributed by atoms with Crippen molar-refractivity contribution in [3.63, 3.8) is 0 Å². The molecule has 0 atom stereocenters. The van der Waals surface area contributed by atoms with Crippen LogP contribution in [0.15, 0.2) is 29.3 Å². The van der Waals surface area contributed by atoms with E-state index in [9.17, 15) is 4.79 Å². The van der Waals surface area contributed by atoms with E-state index in [1.54, 1.807) is 6.07 Å². The second-order valence-corrected chi connectivity index (χ2v) is 4.40. The number of hydrogen-bond acceptors (Lipinski definition) is 4. The molecular weight excluding hydrogens is 276 g/mol.